The molecule has 0 N–H and O–H groups in total. The first-order valence-corrected chi connectivity index (χ1v) is 5.55. The Morgan fingerprint density at radius 3 is 2.44 bits per heavy atom. The highest BCUT2D eigenvalue weighted by Crippen LogP contribution is 2.17. The molecular formula is C11H11ClN4O2. The summed E-state index contributed by atoms with van der Waals surface area (Å²) in [6.07, 6.45) is 1.35. The first-order chi connectivity index (χ1) is 8.52. The van der Waals surface area contributed by atoms with E-state index in [0.717, 1.165) is 16.1 Å². The van der Waals surface area contributed by atoms with Crippen LogP contribution in [0.1, 0.15) is 11.4 Å². The Kier molecular flexibility index (Phi) is 3.29. The van der Waals surface area contributed by atoms with Gasteiger partial charge < -0.3 is 4.74 Å². The third-order valence-corrected chi connectivity index (χ3v) is 2.61. The summed E-state index contributed by atoms with van der Waals surface area (Å²) in [5, 5.41) is 3.89. The molecule has 2 rings (SSSR count). The van der Waals surface area contributed by atoms with E-state index >= 15 is 0 Å². The normalized spacial score (nSPS) is 10.4. The largest absolute Gasteiger partial charge is 0.493 e. The van der Waals surface area contributed by atoms with Crippen molar-refractivity contribution in [3.05, 3.63) is 39.0 Å². The third-order valence-electron chi connectivity index (χ3n) is 2.27. The molecule has 2 heterocycles. The minimum Gasteiger partial charge on any atom is -0.493 e. The maximum Gasteiger partial charge on any atom is 0.296 e. The average molecular weight is 267 g/mol. The first kappa shape index (κ1) is 12.5. The Balaban J connectivity index is 2.65. The molecule has 0 aliphatic heterocycles. The van der Waals surface area contributed by atoms with Crippen molar-refractivity contribution in [3.8, 4) is 11.7 Å². The maximum absolute atomic E-state index is 12.0. The van der Waals surface area contributed by atoms with Gasteiger partial charge in [-0.3, -0.25) is 4.79 Å². The molecule has 0 atom stereocenters. The van der Waals surface area contributed by atoms with Gasteiger partial charge in [-0.25, -0.2) is 9.97 Å². The van der Waals surface area contributed by atoms with Crippen LogP contribution in [-0.2, 0) is 0 Å². The number of halogens is 1. The van der Waals surface area contributed by atoms with Gasteiger partial charge in [0.15, 0.2) is 10.8 Å². The van der Waals surface area contributed by atoms with E-state index in [0.29, 0.717) is 0 Å². The summed E-state index contributed by atoms with van der Waals surface area (Å²) in [7, 11) is 1.42. The summed E-state index contributed by atoms with van der Waals surface area (Å²) in [5.74, 6) is 0.421. The molecule has 0 bridgehead atoms. The van der Waals surface area contributed by atoms with Crippen LogP contribution in [0.3, 0.4) is 0 Å². The Bertz CT molecular complexity index is 634. The van der Waals surface area contributed by atoms with Gasteiger partial charge >= 0.3 is 0 Å². The molecule has 2 aromatic rings. The van der Waals surface area contributed by atoms with Crippen molar-refractivity contribution < 1.29 is 4.74 Å². The molecule has 7 heteroatoms. The average Bonchev–Trinajstić information content (AvgIpc) is 2.31. The molecule has 0 saturated carbocycles. The number of methoxy groups -OCH3 is 1. The van der Waals surface area contributed by atoms with E-state index in [1.807, 2.05) is 13.8 Å². The summed E-state index contributed by atoms with van der Waals surface area (Å²) >= 11 is 5.87. The molecule has 2 aromatic heterocycles. The Morgan fingerprint density at radius 2 is 1.89 bits per heavy atom. The van der Waals surface area contributed by atoms with Gasteiger partial charge in [0.05, 0.1) is 13.3 Å². The lowest BCUT2D eigenvalue weighted by Gasteiger charge is -2.07. The van der Waals surface area contributed by atoms with Crippen molar-refractivity contribution in [2.45, 2.75) is 13.8 Å². The Labute approximate surface area is 108 Å². The highest BCUT2D eigenvalue weighted by atomic mass is 35.5. The van der Waals surface area contributed by atoms with Crippen molar-refractivity contribution in [1.29, 1.82) is 0 Å². The molecule has 0 fully saturated rings. The minimum absolute atomic E-state index is 0.0461. The van der Waals surface area contributed by atoms with Crippen molar-refractivity contribution in [3.63, 3.8) is 0 Å². The second kappa shape index (κ2) is 4.73. The molecule has 0 aliphatic carbocycles. The molecule has 94 valence electrons. The zero-order valence-corrected chi connectivity index (χ0v) is 10.9. The van der Waals surface area contributed by atoms with Gasteiger partial charge in [-0.1, -0.05) is 11.6 Å². The predicted octanol–water partition coefficient (Wildman–Crippen LogP) is 1.30. The molecule has 0 radical (unpaired) electrons. The van der Waals surface area contributed by atoms with Gasteiger partial charge in [0.1, 0.15) is 0 Å². The molecule has 6 nitrogen and oxygen atoms in total. The summed E-state index contributed by atoms with van der Waals surface area (Å²) in [6.45, 7) is 3.63. The highest BCUT2D eigenvalue weighted by molar-refractivity contribution is 6.31. The topological polar surface area (TPSA) is 69.9 Å². The van der Waals surface area contributed by atoms with Crippen LogP contribution in [0, 0.1) is 13.8 Å². The summed E-state index contributed by atoms with van der Waals surface area (Å²) in [6, 6.07) is 1.81. The molecule has 0 aliphatic rings. The number of aryl methyl sites for hydroxylation is 2. The quantitative estimate of drug-likeness (QED) is 0.819. The van der Waals surface area contributed by atoms with Gasteiger partial charge in [0, 0.05) is 11.4 Å². The van der Waals surface area contributed by atoms with Crippen molar-refractivity contribution in [2.24, 2.45) is 0 Å². The van der Waals surface area contributed by atoms with Gasteiger partial charge in [-0.15, -0.1) is 0 Å². The number of nitrogens with zero attached hydrogens (tertiary/aromatic N) is 4. The van der Waals surface area contributed by atoms with Crippen LogP contribution in [0.25, 0.3) is 5.95 Å². The summed E-state index contributed by atoms with van der Waals surface area (Å²) in [4.78, 5) is 20.3. The van der Waals surface area contributed by atoms with Crippen molar-refractivity contribution in [1.82, 2.24) is 19.7 Å². The van der Waals surface area contributed by atoms with E-state index in [2.05, 4.69) is 15.1 Å². The second-order valence-corrected chi connectivity index (χ2v) is 4.07. The summed E-state index contributed by atoms with van der Waals surface area (Å²) in [5.41, 5.74) is 0.984. The molecule has 18 heavy (non-hydrogen) atoms. The molecule has 0 unspecified atom stereocenters. The number of hydrogen-bond donors (Lipinski definition) is 0. The fraction of sp³-hybridized carbons (Fsp3) is 0.273. The lowest BCUT2D eigenvalue weighted by atomic mass is 10.4. The standard InChI is InChI=1S/C11H11ClN4O2/c1-6-4-7(2)15-11(14-6)16-10(17)9(12)8(18-3)5-13-16/h4-5H,1-3H3. The number of ether oxygens (including phenoxy) is 1. The highest BCUT2D eigenvalue weighted by Gasteiger charge is 2.13. The van der Waals surface area contributed by atoms with Crippen LogP contribution in [0.5, 0.6) is 5.75 Å². The fourth-order valence-electron chi connectivity index (χ4n) is 1.50. The van der Waals surface area contributed by atoms with Crippen LogP contribution in [0.2, 0.25) is 5.02 Å². The van der Waals surface area contributed by atoms with Gasteiger partial charge in [-0.2, -0.15) is 9.78 Å². The molecule has 0 spiro atoms. The van der Waals surface area contributed by atoms with Crippen molar-refractivity contribution in [2.75, 3.05) is 7.11 Å². The van der Waals surface area contributed by atoms with Gasteiger partial charge in [0.25, 0.3) is 11.5 Å². The van der Waals surface area contributed by atoms with Crippen LogP contribution in [0.4, 0.5) is 0 Å². The Hall–Kier alpha value is -1.95. The zero-order valence-electron chi connectivity index (χ0n) is 10.1. The predicted molar refractivity (Wildman–Crippen MR) is 66.5 cm³/mol. The van der Waals surface area contributed by atoms with E-state index in [-0.39, 0.29) is 16.7 Å². The number of rotatable bonds is 2. The first-order valence-electron chi connectivity index (χ1n) is 5.17. The second-order valence-electron chi connectivity index (χ2n) is 3.69. The van der Waals surface area contributed by atoms with Crippen molar-refractivity contribution >= 4 is 11.6 Å². The molecular weight excluding hydrogens is 256 g/mol. The van der Waals surface area contributed by atoms with Crippen LogP contribution in [0.15, 0.2) is 17.1 Å². The molecule has 0 aromatic carbocycles. The third kappa shape index (κ3) is 2.19. The molecule has 0 amide bonds. The SMILES string of the molecule is COc1cnn(-c2nc(C)cc(C)n2)c(=O)c1Cl. The minimum atomic E-state index is -0.513. The van der Waals surface area contributed by atoms with E-state index in [4.69, 9.17) is 16.3 Å². The van der Waals surface area contributed by atoms with E-state index in [9.17, 15) is 4.79 Å². The van der Waals surface area contributed by atoms with E-state index in [1.165, 1.54) is 13.3 Å². The Morgan fingerprint density at radius 1 is 1.28 bits per heavy atom. The summed E-state index contributed by atoms with van der Waals surface area (Å²) < 4.78 is 5.96. The van der Waals surface area contributed by atoms with Gasteiger partial charge in [-0.05, 0) is 19.9 Å². The maximum atomic E-state index is 12.0. The lowest BCUT2D eigenvalue weighted by molar-refractivity contribution is 0.409. The monoisotopic (exact) mass is 266 g/mol. The van der Waals surface area contributed by atoms with Crippen LogP contribution < -0.4 is 10.3 Å². The van der Waals surface area contributed by atoms with E-state index in [1.54, 1.807) is 6.07 Å². The van der Waals surface area contributed by atoms with Crippen LogP contribution in [-0.4, -0.2) is 26.9 Å². The number of hydrogen-bond acceptors (Lipinski definition) is 5. The molecule has 0 saturated heterocycles. The fourth-order valence-corrected chi connectivity index (χ4v) is 1.71. The van der Waals surface area contributed by atoms with Crippen LogP contribution >= 0.6 is 11.6 Å². The van der Waals surface area contributed by atoms with E-state index < -0.39 is 5.56 Å². The smallest absolute Gasteiger partial charge is 0.296 e. The van der Waals surface area contributed by atoms with Gasteiger partial charge in [0.2, 0.25) is 0 Å². The lowest BCUT2D eigenvalue weighted by Crippen LogP contribution is -2.24. The number of aromatic nitrogens is 4. The zero-order chi connectivity index (χ0) is 13.3.